The first-order valence-electron chi connectivity index (χ1n) is 17.5. The van der Waals surface area contributed by atoms with Crippen molar-refractivity contribution in [2.45, 2.75) is 38.1 Å². The Balaban J connectivity index is 1.13. The highest BCUT2D eigenvalue weighted by atomic mass is 35.5. The van der Waals surface area contributed by atoms with Crippen LogP contribution in [0.5, 0.6) is 0 Å². The van der Waals surface area contributed by atoms with Gasteiger partial charge in [0, 0.05) is 83.8 Å². The van der Waals surface area contributed by atoms with Gasteiger partial charge in [-0.25, -0.2) is 0 Å². The Morgan fingerprint density at radius 1 is 1.00 bits per heavy atom. The standard InChI is InChI=1S/C40H45ClN6O3/c1-25(32-22-42-33-11-7-6-10-31(32)33)37(40(50)47-24-26(23-44(2)3)19-29-20-30(41)13-14-35(29)47)43-38(48)27-15-17-46(18-16-27)39(49)36-21-28-9-5-8-12-34(28)45(36)4/h5-14,20-22,25-27,37,42H,15-19,23-24H2,1-4H3,(H,43,48)/t25?,26-,37?/m1/s1. The van der Waals surface area contributed by atoms with Crippen molar-refractivity contribution >= 4 is 56.8 Å². The monoisotopic (exact) mass is 692 g/mol. The molecule has 1 fully saturated rings. The van der Waals surface area contributed by atoms with Gasteiger partial charge in [0.15, 0.2) is 0 Å². The van der Waals surface area contributed by atoms with Crippen molar-refractivity contribution in [3.8, 4) is 0 Å². The Morgan fingerprint density at radius 2 is 1.74 bits per heavy atom. The van der Waals surface area contributed by atoms with Crippen LogP contribution in [0.2, 0.25) is 5.02 Å². The minimum Gasteiger partial charge on any atom is -0.361 e. The largest absolute Gasteiger partial charge is 0.361 e. The fourth-order valence-corrected chi connectivity index (χ4v) is 8.25. The number of hydrogen-bond donors (Lipinski definition) is 2. The van der Waals surface area contributed by atoms with E-state index in [1.165, 1.54) is 0 Å². The summed E-state index contributed by atoms with van der Waals surface area (Å²) in [5.41, 5.74) is 5.50. The number of likely N-dealkylation sites (tertiary alicyclic amines) is 1. The van der Waals surface area contributed by atoms with Gasteiger partial charge < -0.3 is 29.6 Å². The summed E-state index contributed by atoms with van der Waals surface area (Å²) in [6, 6.07) is 22.9. The van der Waals surface area contributed by atoms with Crippen molar-refractivity contribution in [3.05, 3.63) is 101 Å². The summed E-state index contributed by atoms with van der Waals surface area (Å²) in [6.45, 7) is 4.34. The lowest BCUT2D eigenvalue weighted by atomic mass is 9.87. The molecule has 2 N–H and O–H groups in total. The zero-order valence-electron chi connectivity index (χ0n) is 29.2. The number of halogens is 1. The third-order valence-corrected chi connectivity index (χ3v) is 10.9. The second-order valence-electron chi connectivity index (χ2n) is 14.3. The summed E-state index contributed by atoms with van der Waals surface area (Å²) in [4.78, 5) is 51.8. The van der Waals surface area contributed by atoms with Gasteiger partial charge in [-0.05, 0) is 86.8 Å². The van der Waals surface area contributed by atoms with Gasteiger partial charge in [0.05, 0.1) is 0 Å². The highest BCUT2D eigenvalue weighted by molar-refractivity contribution is 6.30. The number of nitrogens with one attached hydrogen (secondary N) is 2. The molecule has 4 heterocycles. The number of nitrogens with zero attached hydrogens (tertiary/aromatic N) is 4. The summed E-state index contributed by atoms with van der Waals surface area (Å²) in [5, 5.41) is 5.95. The van der Waals surface area contributed by atoms with E-state index in [0.29, 0.717) is 43.2 Å². The van der Waals surface area contributed by atoms with Gasteiger partial charge >= 0.3 is 0 Å². The first-order chi connectivity index (χ1) is 24.1. The molecule has 9 nitrogen and oxygen atoms in total. The molecule has 2 aliphatic rings. The minimum atomic E-state index is -0.807. The molecule has 50 heavy (non-hydrogen) atoms. The van der Waals surface area contributed by atoms with E-state index in [4.69, 9.17) is 11.6 Å². The lowest BCUT2D eigenvalue weighted by Crippen LogP contribution is -2.55. The average Bonchev–Trinajstić information content (AvgIpc) is 3.70. The fraction of sp³-hybridized carbons (Fsp3) is 0.375. The first-order valence-corrected chi connectivity index (χ1v) is 17.9. The topological polar surface area (TPSA) is 93.7 Å². The zero-order valence-corrected chi connectivity index (χ0v) is 29.9. The average molecular weight is 693 g/mol. The van der Waals surface area contributed by atoms with Gasteiger partial charge in [-0.2, -0.15) is 0 Å². The number of anilines is 1. The SMILES string of the molecule is CC(c1c[nH]c2ccccc12)C(NC(=O)C1CCN(C(=O)c2cc3ccccc3n2C)CC1)C(=O)N1C[C@@H](CN(C)C)Cc2cc(Cl)ccc21. The van der Waals surface area contributed by atoms with Crippen molar-refractivity contribution in [2.24, 2.45) is 18.9 Å². The summed E-state index contributed by atoms with van der Waals surface area (Å²) >= 11 is 6.44. The van der Waals surface area contributed by atoms with E-state index in [9.17, 15) is 14.4 Å². The normalized spacial score (nSPS) is 18.0. The van der Waals surface area contributed by atoms with E-state index >= 15 is 0 Å². The smallest absolute Gasteiger partial charge is 0.270 e. The van der Waals surface area contributed by atoms with E-state index in [-0.39, 0.29) is 35.5 Å². The number of H-pyrrole nitrogens is 1. The number of carbonyl (C=O) groups is 3. The Bertz CT molecular complexity index is 2060. The van der Waals surface area contributed by atoms with Gasteiger partial charge in [-0.15, -0.1) is 0 Å². The molecule has 2 aromatic heterocycles. The molecule has 3 amide bonds. The van der Waals surface area contributed by atoms with Crippen molar-refractivity contribution in [2.75, 3.05) is 45.2 Å². The molecule has 7 rings (SSSR count). The Morgan fingerprint density at radius 3 is 2.50 bits per heavy atom. The summed E-state index contributed by atoms with van der Waals surface area (Å²) in [5.74, 6) is -0.730. The van der Waals surface area contributed by atoms with E-state index in [1.54, 1.807) is 0 Å². The van der Waals surface area contributed by atoms with Crippen molar-refractivity contribution in [3.63, 3.8) is 0 Å². The van der Waals surface area contributed by atoms with Gasteiger partial charge in [0.2, 0.25) is 11.8 Å². The number of hydrogen-bond acceptors (Lipinski definition) is 4. The van der Waals surface area contributed by atoms with Crippen LogP contribution in [0, 0.1) is 11.8 Å². The number of piperidine rings is 1. The Kier molecular flexibility index (Phi) is 9.46. The molecule has 2 unspecified atom stereocenters. The zero-order chi connectivity index (χ0) is 35.1. The molecule has 1 saturated heterocycles. The van der Waals surface area contributed by atoms with Crippen LogP contribution in [0.4, 0.5) is 5.69 Å². The van der Waals surface area contributed by atoms with Gasteiger partial charge in [-0.1, -0.05) is 54.9 Å². The molecule has 3 atom stereocenters. The second-order valence-corrected chi connectivity index (χ2v) is 14.8. The Hall–Kier alpha value is -4.60. The van der Waals surface area contributed by atoms with Crippen LogP contribution < -0.4 is 10.2 Å². The summed E-state index contributed by atoms with van der Waals surface area (Å²) in [6.07, 6.45) is 3.83. The number of rotatable bonds is 8. The van der Waals surface area contributed by atoms with E-state index in [1.807, 2.05) is 115 Å². The number of amides is 3. The quantitative estimate of drug-likeness (QED) is 0.202. The molecule has 260 valence electrons. The maximum atomic E-state index is 14.9. The predicted molar refractivity (Wildman–Crippen MR) is 200 cm³/mol. The molecular formula is C40H45ClN6O3. The van der Waals surface area contributed by atoms with Crippen LogP contribution in [0.25, 0.3) is 21.8 Å². The molecule has 10 heteroatoms. The molecule has 0 bridgehead atoms. The third-order valence-electron chi connectivity index (χ3n) is 10.7. The number of aromatic amines is 1. The molecule has 0 spiro atoms. The lowest BCUT2D eigenvalue weighted by Gasteiger charge is -2.39. The van der Waals surface area contributed by atoms with E-state index in [2.05, 4.69) is 21.3 Å². The van der Waals surface area contributed by atoms with Crippen LogP contribution in [0.15, 0.2) is 79.0 Å². The Labute approximate surface area is 298 Å². The van der Waals surface area contributed by atoms with Crippen LogP contribution in [-0.4, -0.2) is 83.4 Å². The number of carbonyl (C=O) groups excluding carboxylic acids is 3. The molecule has 2 aliphatic heterocycles. The van der Waals surface area contributed by atoms with Crippen molar-refractivity contribution < 1.29 is 14.4 Å². The minimum absolute atomic E-state index is 0.0280. The van der Waals surface area contributed by atoms with E-state index in [0.717, 1.165) is 51.6 Å². The lowest BCUT2D eigenvalue weighted by molar-refractivity contribution is -0.131. The van der Waals surface area contributed by atoms with Crippen LogP contribution in [0.1, 0.15) is 47.3 Å². The molecule has 0 aliphatic carbocycles. The highest BCUT2D eigenvalue weighted by Crippen LogP contribution is 2.35. The fourth-order valence-electron chi connectivity index (χ4n) is 8.05. The molecule has 5 aromatic rings. The van der Waals surface area contributed by atoms with Gasteiger partial charge in [-0.3, -0.25) is 14.4 Å². The number of para-hydroxylation sites is 2. The third kappa shape index (κ3) is 6.52. The first kappa shape index (κ1) is 33.9. The number of fused-ring (bicyclic) bond motifs is 3. The number of aromatic nitrogens is 2. The van der Waals surface area contributed by atoms with Crippen LogP contribution >= 0.6 is 11.6 Å². The molecule has 3 aromatic carbocycles. The maximum Gasteiger partial charge on any atom is 0.270 e. The van der Waals surface area contributed by atoms with E-state index < -0.39 is 6.04 Å². The summed E-state index contributed by atoms with van der Waals surface area (Å²) < 4.78 is 1.94. The van der Waals surface area contributed by atoms with Crippen LogP contribution in [-0.2, 0) is 23.1 Å². The number of aryl methyl sites for hydroxylation is 1. The van der Waals surface area contributed by atoms with Gasteiger partial charge in [0.1, 0.15) is 11.7 Å². The highest BCUT2D eigenvalue weighted by Gasteiger charge is 2.39. The maximum absolute atomic E-state index is 14.9. The predicted octanol–water partition coefficient (Wildman–Crippen LogP) is 6.22. The van der Waals surface area contributed by atoms with Gasteiger partial charge in [0.25, 0.3) is 5.91 Å². The van der Waals surface area contributed by atoms with Crippen molar-refractivity contribution in [1.82, 2.24) is 24.7 Å². The van der Waals surface area contributed by atoms with Crippen molar-refractivity contribution in [1.29, 1.82) is 0 Å². The molecule has 0 saturated carbocycles. The second kappa shape index (κ2) is 14.0. The number of benzene rings is 3. The van der Waals surface area contributed by atoms with Crippen LogP contribution in [0.3, 0.4) is 0 Å². The molecular weight excluding hydrogens is 648 g/mol. The summed E-state index contributed by atoms with van der Waals surface area (Å²) in [7, 11) is 6.00. The molecule has 0 radical (unpaired) electrons.